The Morgan fingerprint density at radius 3 is 2.53 bits per heavy atom. The molecule has 2 aromatic rings. The number of aliphatic hydroxyl groups is 1. The lowest BCUT2D eigenvalue weighted by Gasteiger charge is -2.33. The molecular formula is C26H26Cl2F2N4O2. The molecule has 0 saturated heterocycles. The van der Waals surface area contributed by atoms with E-state index in [1.54, 1.807) is 38.4 Å². The van der Waals surface area contributed by atoms with Gasteiger partial charge in [-0.2, -0.15) is 0 Å². The molecule has 0 aliphatic carbocycles. The molecule has 2 aromatic heterocycles. The molecule has 0 unspecified atom stereocenters. The van der Waals surface area contributed by atoms with E-state index in [9.17, 15) is 13.9 Å². The molecule has 2 aliphatic heterocycles. The SMILES string of the molecule is CC1=CC(OCc2ncc(F)cc2F)=C(Cl)CN1c1cc(N2C=C(Cl)C=C(C(C)(C)O)C2)ncc1C. The average Bonchev–Trinajstić information content (AvgIpc) is 2.80. The number of aryl methyl sites for hydroxylation is 1. The van der Waals surface area contributed by atoms with E-state index < -0.39 is 17.2 Å². The number of hydrogen-bond donors (Lipinski definition) is 1. The fraction of sp³-hybridized carbons (Fsp3) is 0.308. The molecule has 0 aromatic carbocycles. The van der Waals surface area contributed by atoms with E-state index in [1.165, 1.54) is 0 Å². The maximum absolute atomic E-state index is 13.9. The lowest BCUT2D eigenvalue weighted by Crippen LogP contribution is -2.34. The van der Waals surface area contributed by atoms with E-state index in [4.69, 9.17) is 27.9 Å². The average molecular weight is 535 g/mol. The van der Waals surface area contributed by atoms with Crippen molar-refractivity contribution in [3.63, 3.8) is 0 Å². The van der Waals surface area contributed by atoms with Crippen LogP contribution in [0.5, 0.6) is 0 Å². The standard InChI is InChI=1S/C26H26Cl2F2N4O2/c1-15-9-32-25(33-11-17(26(3,4)35)6-18(27)12-33)8-23(15)34-13-20(28)24(5-16(34)2)36-14-22-21(30)7-19(29)10-31-22/h5-10,12,35H,11,13-14H2,1-4H3. The van der Waals surface area contributed by atoms with Gasteiger partial charge >= 0.3 is 0 Å². The predicted molar refractivity (Wildman–Crippen MR) is 138 cm³/mol. The molecule has 4 heterocycles. The van der Waals surface area contributed by atoms with Crippen molar-refractivity contribution in [1.82, 2.24) is 9.97 Å². The zero-order valence-electron chi connectivity index (χ0n) is 20.3. The van der Waals surface area contributed by atoms with Crippen molar-refractivity contribution < 1.29 is 18.6 Å². The summed E-state index contributed by atoms with van der Waals surface area (Å²) in [6.45, 7) is 7.89. The number of anilines is 2. The van der Waals surface area contributed by atoms with Crippen LogP contribution in [0.4, 0.5) is 20.3 Å². The molecule has 0 bridgehead atoms. The summed E-state index contributed by atoms with van der Waals surface area (Å²) in [7, 11) is 0. The second kappa shape index (κ2) is 10.2. The van der Waals surface area contributed by atoms with E-state index in [1.807, 2.05) is 29.7 Å². The first kappa shape index (κ1) is 26.1. The molecule has 36 heavy (non-hydrogen) atoms. The summed E-state index contributed by atoms with van der Waals surface area (Å²) in [5.41, 5.74) is 2.42. The highest BCUT2D eigenvalue weighted by Crippen LogP contribution is 2.35. The molecule has 0 spiro atoms. The third-order valence-corrected chi connectivity index (χ3v) is 6.45. The molecule has 0 amide bonds. The second-order valence-electron chi connectivity index (χ2n) is 9.21. The van der Waals surface area contributed by atoms with Gasteiger partial charge in [0.1, 0.15) is 29.7 Å². The van der Waals surface area contributed by atoms with Gasteiger partial charge in [-0.1, -0.05) is 23.2 Å². The minimum Gasteiger partial charge on any atom is -0.486 e. The first-order valence-corrected chi connectivity index (χ1v) is 12.0. The van der Waals surface area contributed by atoms with Gasteiger partial charge in [0.2, 0.25) is 0 Å². The maximum Gasteiger partial charge on any atom is 0.151 e. The molecular weight excluding hydrogens is 509 g/mol. The molecule has 6 nitrogen and oxygen atoms in total. The van der Waals surface area contributed by atoms with Crippen molar-refractivity contribution in [2.75, 3.05) is 22.9 Å². The number of aromatic nitrogens is 2. The molecule has 4 rings (SSSR count). The smallest absolute Gasteiger partial charge is 0.151 e. The van der Waals surface area contributed by atoms with Crippen molar-refractivity contribution in [3.8, 4) is 0 Å². The highest BCUT2D eigenvalue weighted by molar-refractivity contribution is 6.31. The Balaban J connectivity index is 1.55. The topological polar surface area (TPSA) is 61.7 Å². The number of nitrogens with zero attached hydrogens (tertiary/aromatic N) is 4. The lowest BCUT2D eigenvalue weighted by atomic mass is 9.96. The third kappa shape index (κ3) is 5.72. The van der Waals surface area contributed by atoms with Crippen LogP contribution >= 0.6 is 23.2 Å². The minimum atomic E-state index is -1.02. The van der Waals surface area contributed by atoms with Crippen LogP contribution in [0.3, 0.4) is 0 Å². The molecule has 190 valence electrons. The van der Waals surface area contributed by atoms with Gasteiger partial charge in [0.05, 0.1) is 28.4 Å². The number of ether oxygens (including phenoxy) is 1. The normalized spacial score (nSPS) is 16.6. The van der Waals surface area contributed by atoms with Crippen LogP contribution in [0.15, 0.2) is 70.0 Å². The minimum absolute atomic E-state index is 0.0100. The first-order chi connectivity index (χ1) is 16.9. The van der Waals surface area contributed by atoms with Crippen LogP contribution in [-0.2, 0) is 11.3 Å². The Morgan fingerprint density at radius 1 is 1.08 bits per heavy atom. The summed E-state index contributed by atoms with van der Waals surface area (Å²) in [6.07, 6.45) is 8.02. The fourth-order valence-corrected chi connectivity index (χ4v) is 4.35. The van der Waals surface area contributed by atoms with Crippen LogP contribution < -0.4 is 9.80 Å². The number of rotatable bonds is 6. The van der Waals surface area contributed by atoms with Gasteiger partial charge in [0, 0.05) is 48.5 Å². The maximum atomic E-state index is 13.9. The number of hydrogen-bond acceptors (Lipinski definition) is 6. The Bertz CT molecular complexity index is 1320. The lowest BCUT2D eigenvalue weighted by molar-refractivity contribution is 0.118. The van der Waals surface area contributed by atoms with Gasteiger partial charge in [-0.15, -0.1) is 0 Å². The van der Waals surface area contributed by atoms with Gasteiger partial charge in [0.25, 0.3) is 0 Å². The number of halogens is 4. The zero-order valence-corrected chi connectivity index (χ0v) is 21.8. The highest BCUT2D eigenvalue weighted by Gasteiger charge is 2.26. The van der Waals surface area contributed by atoms with Crippen LogP contribution in [0, 0.1) is 18.6 Å². The first-order valence-electron chi connectivity index (χ1n) is 11.2. The number of allylic oxidation sites excluding steroid dienone is 4. The summed E-state index contributed by atoms with van der Waals surface area (Å²) >= 11 is 12.9. The van der Waals surface area contributed by atoms with Crippen molar-refractivity contribution in [2.24, 2.45) is 0 Å². The summed E-state index contributed by atoms with van der Waals surface area (Å²) in [5.74, 6) is -0.469. The van der Waals surface area contributed by atoms with Gasteiger partial charge in [0.15, 0.2) is 5.82 Å². The molecule has 0 radical (unpaired) electrons. The predicted octanol–water partition coefficient (Wildman–Crippen LogP) is 6.05. The summed E-state index contributed by atoms with van der Waals surface area (Å²) < 4.78 is 32.7. The molecule has 2 aliphatic rings. The van der Waals surface area contributed by atoms with Gasteiger partial charge in [-0.05, 0) is 44.9 Å². The van der Waals surface area contributed by atoms with Crippen LogP contribution in [0.25, 0.3) is 0 Å². The van der Waals surface area contributed by atoms with Crippen molar-refractivity contribution in [1.29, 1.82) is 0 Å². The Morgan fingerprint density at radius 2 is 1.83 bits per heavy atom. The Labute approximate surface area is 218 Å². The van der Waals surface area contributed by atoms with E-state index >= 15 is 0 Å². The third-order valence-electron chi connectivity index (χ3n) is 5.94. The van der Waals surface area contributed by atoms with Crippen LogP contribution in [0.2, 0.25) is 0 Å². The van der Waals surface area contributed by atoms with Crippen LogP contribution in [-0.4, -0.2) is 33.8 Å². The fourth-order valence-electron chi connectivity index (χ4n) is 3.87. The summed E-state index contributed by atoms with van der Waals surface area (Å²) in [6, 6.07) is 2.70. The largest absolute Gasteiger partial charge is 0.486 e. The van der Waals surface area contributed by atoms with Gasteiger partial charge in [-0.3, -0.25) is 4.98 Å². The van der Waals surface area contributed by atoms with Crippen molar-refractivity contribution in [3.05, 3.63) is 92.9 Å². The molecule has 0 atom stereocenters. The summed E-state index contributed by atoms with van der Waals surface area (Å²) in [5, 5.41) is 11.4. The van der Waals surface area contributed by atoms with Crippen molar-refractivity contribution >= 4 is 34.7 Å². The Kier molecular flexibility index (Phi) is 7.41. The van der Waals surface area contributed by atoms with E-state index in [0.717, 1.165) is 34.8 Å². The molecule has 10 heteroatoms. The Hall–Kier alpha value is -2.94. The zero-order chi connectivity index (χ0) is 26.2. The number of pyridine rings is 2. The van der Waals surface area contributed by atoms with E-state index in [-0.39, 0.29) is 12.3 Å². The molecule has 0 fully saturated rings. The molecule has 0 saturated carbocycles. The van der Waals surface area contributed by atoms with Crippen molar-refractivity contribution in [2.45, 2.75) is 39.9 Å². The van der Waals surface area contributed by atoms with E-state index in [2.05, 4.69) is 9.97 Å². The highest BCUT2D eigenvalue weighted by atomic mass is 35.5. The summed E-state index contributed by atoms with van der Waals surface area (Å²) in [4.78, 5) is 12.2. The quantitative estimate of drug-likeness (QED) is 0.486. The van der Waals surface area contributed by atoms with Gasteiger partial charge in [-0.25, -0.2) is 13.8 Å². The second-order valence-corrected chi connectivity index (χ2v) is 10.1. The van der Waals surface area contributed by atoms with Crippen LogP contribution in [0.1, 0.15) is 32.0 Å². The van der Waals surface area contributed by atoms with Gasteiger partial charge < -0.3 is 19.6 Å². The molecule has 1 N–H and O–H groups in total. The van der Waals surface area contributed by atoms with E-state index in [0.29, 0.717) is 34.7 Å². The monoisotopic (exact) mass is 534 g/mol.